The molecule has 3 rings (SSSR count). The highest BCUT2D eigenvalue weighted by atomic mass is 35.5. The Morgan fingerprint density at radius 3 is 2.48 bits per heavy atom. The third-order valence-electron chi connectivity index (χ3n) is 4.18. The summed E-state index contributed by atoms with van der Waals surface area (Å²) in [5.74, 6) is 2.64. The molecule has 0 amide bonds. The summed E-state index contributed by atoms with van der Waals surface area (Å²) in [6, 6.07) is 16.4. The van der Waals surface area contributed by atoms with Gasteiger partial charge < -0.3 is 9.47 Å². The Kier molecular flexibility index (Phi) is 4.07. The van der Waals surface area contributed by atoms with Gasteiger partial charge in [-0.3, -0.25) is 0 Å². The van der Waals surface area contributed by atoms with E-state index in [1.54, 1.807) is 14.2 Å². The first-order chi connectivity index (χ1) is 10.2. The average molecular weight is 303 g/mol. The Hall–Kier alpha value is -1.67. The first-order valence-electron chi connectivity index (χ1n) is 7.15. The quantitative estimate of drug-likeness (QED) is 0.740. The van der Waals surface area contributed by atoms with E-state index in [0.29, 0.717) is 11.8 Å². The van der Waals surface area contributed by atoms with Gasteiger partial charge in [-0.1, -0.05) is 30.3 Å². The fourth-order valence-electron chi connectivity index (χ4n) is 2.91. The molecule has 0 aliphatic heterocycles. The molecule has 2 aromatic rings. The van der Waals surface area contributed by atoms with E-state index in [4.69, 9.17) is 21.1 Å². The van der Waals surface area contributed by atoms with E-state index in [2.05, 4.69) is 24.3 Å². The third-order valence-corrected chi connectivity index (χ3v) is 4.74. The summed E-state index contributed by atoms with van der Waals surface area (Å²) < 4.78 is 10.7. The van der Waals surface area contributed by atoms with E-state index >= 15 is 0 Å². The van der Waals surface area contributed by atoms with Crippen molar-refractivity contribution in [2.45, 2.75) is 17.7 Å². The molecule has 3 unspecified atom stereocenters. The van der Waals surface area contributed by atoms with Crippen molar-refractivity contribution in [3.05, 3.63) is 59.7 Å². The average Bonchev–Trinajstić information content (AvgIpc) is 3.35. The lowest BCUT2D eigenvalue weighted by Gasteiger charge is -2.15. The van der Waals surface area contributed by atoms with Gasteiger partial charge in [0.1, 0.15) is 11.5 Å². The number of halogens is 1. The lowest BCUT2D eigenvalue weighted by molar-refractivity contribution is 0.397. The highest BCUT2D eigenvalue weighted by Crippen LogP contribution is 2.57. The lowest BCUT2D eigenvalue weighted by Crippen LogP contribution is -2.00. The standard InChI is InChI=1S/C18H19ClO2/c1-20-13-8-9-17(21-2)16(10-13)18(19)15-11-14(15)12-6-4-3-5-7-12/h3-10,14-15,18H,11H2,1-2H3. The molecule has 110 valence electrons. The van der Waals surface area contributed by atoms with Gasteiger partial charge in [0.15, 0.2) is 0 Å². The molecule has 1 aliphatic carbocycles. The highest BCUT2D eigenvalue weighted by Gasteiger charge is 2.44. The zero-order valence-corrected chi connectivity index (χ0v) is 13.0. The van der Waals surface area contributed by atoms with Crippen molar-refractivity contribution >= 4 is 11.6 Å². The van der Waals surface area contributed by atoms with Crippen LogP contribution in [0.4, 0.5) is 0 Å². The van der Waals surface area contributed by atoms with Crippen LogP contribution in [0.15, 0.2) is 48.5 Å². The predicted octanol–water partition coefficient (Wildman–Crippen LogP) is 4.79. The van der Waals surface area contributed by atoms with Crippen LogP contribution in [0.2, 0.25) is 0 Å². The van der Waals surface area contributed by atoms with Gasteiger partial charge in [0, 0.05) is 5.56 Å². The summed E-state index contributed by atoms with van der Waals surface area (Å²) >= 11 is 6.73. The van der Waals surface area contributed by atoms with Crippen molar-refractivity contribution in [1.29, 1.82) is 0 Å². The molecule has 0 N–H and O–H groups in total. The second-order valence-electron chi connectivity index (χ2n) is 5.43. The van der Waals surface area contributed by atoms with Gasteiger partial charge in [0.2, 0.25) is 0 Å². The van der Waals surface area contributed by atoms with Crippen LogP contribution in [0.1, 0.15) is 28.8 Å². The molecule has 2 nitrogen and oxygen atoms in total. The van der Waals surface area contributed by atoms with Gasteiger partial charge in [0.05, 0.1) is 19.6 Å². The zero-order chi connectivity index (χ0) is 14.8. The molecule has 0 saturated heterocycles. The maximum Gasteiger partial charge on any atom is 0.123 e. The van der Waals surface area contributed by atoms with Crippen molar-refractivity contribution in [2.24, 2.45) is 5.92 Å². The molecule has 0 radical (unpaired) electrons. The third kappa shape index (κ3) is 2.86. The Balaban J connectivity index is 1.82. The number of alkyl halides is 1. The summed E-state index contributed by atoms with van der Waals surface area (Å²) in [6.07, 6.45) is 1.12. The molecule has 1 fully saturated rings. The van der Waals surface area contributed by atoms with Gasteiger partial charge in [-0.05, 0) is 42.0 Å². The fraction of sp³-hybridized carbons (Fsp3) is 0.333. The fourth-order valence-corrected chi connectivity index (χ4v) is 3.36. The zero-order valence-electron chi connectivity index (χ0n) is 12.3. The number of hydrogen-bond acceptors (Lipinski definition) is 2. The summed E-state index contributed by atoms with van der Waals surface area (Å²) in [5, 5.41) is -0.0553. The number of methoxy groups -OCH3 is 2. The molecule has 1 aliphatic rings. The van der Waals surface area contributed by atoms with Crippen LogP contribution in [0.3, 0.4) is 0 Å². The minimum atomic E-state index is -0.0553. The van der Waals surface area contributed by atoms with Crippen molar-refractivity contribution < 1.29 is 9.47 Å². The van der Waals surface area contributed by atoms with E-state index in [1.807, 2.05) is 24.3 Å². The Morgan fingerprint density at radius 2 is 1.81 bits per heavy atom. The Labute approximate surface area is 130 Å². The van der Waals surface area contributed by atoms with Crippen LogP contribution >= 0.6 is 11.6 Å². The number of benzene rings is 2. The van der Waals surface area contributed by atoms with Crippen molar-refractivity contribution in [3.63, 3.8) is 0 Å². The molecule has 0 aromatic heterocycles. The van der Waals surface area contributed by atoms with E-state index in [-0.39, 0.29) is 5.38 Å². The molecule has 3 atom stereocenters. The maximum atomic E-state index is 6.73. The minimum absolute atomic E-state index is 0.0553. The SMILES string of the molecule is COc1ccc(OC)c(C(Cl)C2CC2c2ccccc2)c1. The first-order valence-corrected chi connectivity index (χ1v) is 7.59. The van der Waals surface area contributed by atoms with Crippen LogP contribution in [0.5, 0.6) is 11.5 Å². The second-order valence-corrected chi connectivity index (χ2v) is 5.90. The molecule has 0 spiro atoms. The van der Waals surface area contributed by atoms with Crippen molar-refractivity contribution in [1.82, 2.24) is 0 Å². The van der Waals surface area contributed by atoms with Crippen LogP contribution in [-0.2, 0) is 0 Å². The largest absolute Gasteiger partial charge is 0.497 e. The molecule has 1 saturated carbocycles. The van der Waals surface area contributed by atoms with Gasteiger partial charge in [-0.2, -0.15) is 0 Å². The summed E-state index contributed by atoms with van der Waals surface area (Å²) in [7, 11) is 3.34. The van der Waals surface area contributed by atoms with E-state index in [0.717, 1.165) is 23.5 Å². The molecule has 3 heteroatoms. The van der Waals surface area contributed by atoms with Crippen LogP contribution in [0.25, 0.3) is 0 Å². The van der Waals surface area contributed by atoms with Crippen LogP contribution in [0, 0.1) is 5.92 Å². The topological polar surface area (TPSA) is 18.5 Å². The molecular formula is C18H19ClO2. The highest BCUT2D eigenvalue weighted by molar-refractivity contribution is 6.21. The summed E-state index contributed by atoms with van der Waals surface area (Å²) in [5.41, 5.74) is 2.39. The number of hydrogen-bond donors (Lipinski definition) is 0. The first kappa shape index (κ1) is 14.3. The lowest BCUT2D eigenvalue weighted by atomic mass is 10.0. The van der Waals surface area contributed by atoms with Crippen LogP contribution in [-0.4, -0.2) is 14.2 Å². The number of ether oxygens (including phenoxy) is 2. The van der Waals surface area contributed by atoms with Gasteiger partial charge >= 0.3 is 0 Å². The Morgan fingerprint density at radius 1 is 1.05 bits per heavy atom. The smallest absolute Gasteiger partial charge is 0.123 e. The Bertz CT molecular complexity index is 612. The molecule has 21 heavy (non-hydrogen) atoms. The summed E-state index contributed by atoms with van der Waals surface area (Å²) in [6.45, 7) is 0. The molecular weight excluding hydrogens is 284 g/mol. The van der Waals surface area contributed by atoms with Gasteiger partial charge in [-0.25, -0.2) is 0 Å². The van der Waals surface area contributed by atoms with Crippen molar-refractivity contribution in [2.75, 3.05) is 14.2 Å². The second kappa shape index (κ2) is 5.98. The minimum Gasteiger partial charge on any atom is -0.497 e. The van der Waals surface area contributed by atoms with Crippen molar-refractivity contribution in [3.8, 4) is 11.5 Å². The number of rotatable bonds is 5. The van der Waals surface area contributed by atoms with Gasteiger partial charge in [0.25, 0.3) is 0 Å². The monoisotopic (exact) mass is 302 g/mol. The maximum absolute atomic E-state index is 6.73. The predicted molar refractivity (Wildman–Crippen MR) is 85.4 cm³/mol. The molecule has 2 aromatic carbocycles. The normalized spacial score (nSPS) is 21.7. The van der Waals surface area contributed by atoms with Crippen LogP contribution < -0.4 is 9.47 Å². The molecule has 0 bridgehead atoms. The van der Waals surface area contributed by atoms with E-state index in [1.165, 1.54) is 5.56 Å². The van der Waals surface area contributed by atoms with E-state index in [9.17, 15) is 0 Å². The van der Waals surface area contributed by atoms with E-state index < -0.39 is 0 Å². The molecule has 0 heterocycles. The summed E-state index contributed by atoms with van der Waals surface area (Å²) in [4.78, 5) is 0. The van der Waals surface area contributed by atoms with Gasteiger partial charge in [-0.15, -0.1) is 11.6 Å².